The molecule has 0 bridgehead atoms. The molecule has 4 atom stereocenters. The molecule has 1 saturated heterocycles. The van der Waals surface area contributed by atoms with Crippen molar-refractivity contribution in [1.29, 1.82) is 0 Å². The van der Waals surface area contributed by atoms with Crippen LogP contribution in [0.15, 0.2) is 40.6 Å². The molecule has 3 nitrogen and oxygen atoms in total. The first-order valence-corrected chi connectivity index (χ1v) is 9.53. The van der Waals surface area contributed by atoms with Crippen LogP contribution in [0.2, 0.25) is 0 Å². The van der Waals surface area contributed by atoms with Crippen LogP contribution >= 0.6 is 0 Å². The minimum absolute atomic E-state index is 0.116. The van der Waals surface area contributed by atoms with Crippen molar-refractivity contribution in [2.24, 2.45) is 28.0 Å². The van der Waals surface area contributed by atoms with Gasteiger partial charge in [-0.3, -0.25) is 9.89 Å². The summed E-state index contributed by atoms with van der Waals surface area (Å²) in [6.07, 6.45) is 14.7. The van der Waals surface area contributed by atoms with Crippen LogP contribution in [0.3, 0.4) is 0 Å². The van der Waals surface area contributed by atoms with Crippen molar-refractivity contribution in [3.8, 4) is 0 Å². The van der Waals surface area contributed by atoms with E-state index in [1.807, 2.05) is 6.20 Å². The lowest BCUT2D eigenvalue weighted by Gasteiger charge is -2.51. The van der Waals surface area contributed by atoms with Crippen LogP contribution in [0.4, 0.5) is 0 Å². The van der Waals surface area contributed by atoms with Gasteiger partial charge in [0.1, 0.15) is 0 Å². The van der Waals surface area contributed by atoms with E-state index in [0.717, 1.165) is 19.4 Å². The number of hydrogen-bond donors (Lipinski definition) is 1. The summed E-state index contributed by atoms with van der Waals surface area (Å²) in [6.45, 7) is 11.5. The second-order valence-electron chi connectivity index (χ2n) is 8.37. The van der Waals surface area contributed by atoms with Gasteiger partial charge < -0.3 is 5.73 Å². The Morgan fingerprint density at radius 1 is 1.38 bits per heavy atom. The average Bonchev–Trinajstić information content (AvgIpc) is 2.57. The summed E-state index contributed by atoms with van der Waals surface area (Å²) in [5, 5.41) is 0. The fourth-order valence-corrected chi connectivity index (χ4v) is 4.50. The molecule has 4 unspecified atom stereocenters. The summed E-state index contributed by atoms with van der Waals surface area (Å²) in [4.78, 5) is 6.91. The Morgan fingerprint density at radius 3 is 2.79 bits per heavy atom. The number of rotatable bonds is 4. The van der Waals surface area contributed by atoms with E-state index in [0.29, 0.717) is 23.3 Å². The third-order valence-corrected chi connectivity index (χ3v) is 6.14. The van der Waals surface area contributed by atoms with Crippen LogP contribution in [0, 0.1) is 17.3 Å². The number of nitrogens with zero attached hydrogens (tertiary/aromatic N) is 2. The molecule has 132 valence electrons. The molecule has 24 heavy (non-hydrogen) atoms. The Kier molecular flexibility index (Phi) is 5.12. The van der Waals surface area contributed by atoms with Gasteiger partial charge in [0.05, 0.1) is 0 Å². The minimum atomic E-state index is 0.116. The normalized spacial score (nSPS) is 33.6. The van der Waals surface area contributed by atoms with Gasteiger partial charge in [0.15, 0.2) is 0 Å². The molecule has 3 heteroatoms. The Hall–Kier alpha value is -1.19. The highest BCUT2D eigenvalue weighted by Crippen LogP contribution is 2.45. The molecule has 1 aliphatic carbocycles. The number of nitrogens with two attached hydrogens (primary N) is 1. The van der Waals surface area contributed by atoms with Gasteiger partial charge in [-0.15, -0.1) is 0 Å². The number of piperidine rings is 1. The van der Waals surface area contributed by atoms with Gasteiger partial charge in [-0.2, -0.15) is 0 Å². The van der Waals surface area contributed by atoms with E-state index in [4.69, 9.17) is 5.73 Å². The Labute approximate surface area is 147 Å². The van der Waals surface area contributed by atoms with E-state index in [2.05, 4.69) is 62.0 Å². The lowest BCUT2D eigenvalue weighted by atomic mass is 9.65. The van der Waals surface area contributed by atoms with Gasteiger partial charge in [0.2, 0.25) is 0 Å². The topological polar surface area (TPSA) is 41.6 Å². The second kappa shape index (κ2) is 6.97. The highest BCUT2D eigenvalue weighted by Gasteiger charge is 2.43. The third kappa shape index (κ3) is 3.43. The van der Waals surface area contributed by atoms with Crippen molar-refractivity contribution in [3.05, 3.63) is 35.6 Å². The summed E-state index contributed by atoms with van der Waals surface area (Å²) in [6, 6.07) is 0.600. The average molecular weight is 328 g/mol. The molecule has 0 aromatic rings. The molecular formula is C21H33N3. The zero-order valence-electron chi connectivity index (χ0n) is 15.7. The van der Waals surface area contributed by atoms with E-state index < -0.39 is 0 Å². The smallest absolute Gasteiger partial charge is 0.0352 e. The van der Waals surface area contributed by atoms with Gasteiger partial charge in [-0.25, -0.2) is 0 Å². The molecule has 2 aliphatic heterocycles. The molecule has 3 aliphatic rings. The molecule has 2 N–H and O–H groups in total. The Balaban J connectivity index is 1.87. The lowest BCUT2D eigenvalue weighted by Crippen LogP contribution is -2.53. The molecule has 3 rings (SSSR count). The van der Waals surface area contributed by atoms with Gasteiger partial charge in [-0.1, -0.05) is 39.0 Å². The maximum atomic E-state index is 6.30. The molecular weight excluding hydrogens is 294 g/mol. The zero-order valence-corrected chi connectivity index (χ0v) is 15.7. The number of aliphatic imine (C=N–C) groups is 1. The fourth-order valence-electron chi connectivity index (χ4n) is 4.50. The van der Waals surface area contributed by atoms with E-state index in [9.17, 15) is 0 Å². The molecule has 0 saturated carbocycles. The molecule has 0 aromatic carbocycles. The molecule has 1 fully saturated rings. The standard InChI is InChI=1S/C21H33N3/c1-5-17-12-19-20(13-18(17)15(2)22)24(11-8-21(19,3)4)14-16-6-9-23-10-7-16/h6,9-10,12-13,15-16,19-20H,5,7-8,11,14,22H2,1-4H3. The van der Waals surface area contributed by atoms with Gasteiger partial charge in [0, 0.05) is 37.0 Å². The minimum Gasteiger partial charge on any atom is -0.324 e. The quantitative estimate of drug-likeness (QED) is 0.850. The number of likely N-dealkylation sites (tertiary alicyclic amines) is 1. The van der Waals surface area contributed by atoms with Crippen LogP contribution < -0.4 is 5.73 Å². The van der Waals surface area contributed by atoms with E-state index in [1.54, 1.807) is 0 Å². The predicted molar refractivity (Wildman–Crippen MR) is 103 cm³/mol. The van der Waals surface area contributed by atoms with Gasteiger partial charge in [-0.05, 0) is 55.2 Å². The van der Waals surface area contributed by atoms with Crippen molar-refractivity contribution in [2.75, 3.05) is 13.1 Å². The van der Waals surface area contributed by atoms with E-state index in [1.165, 1.54) is 24.1 Å². The summed E-state index contributed by atoms with van der Waals surface area (Å²) in [5.41, 5.74) is 9.48. The molecule has 0 amide bonds. The van der Waals surface area contributed by atoms with Gasteiger partial charge in [0.25, 0.3) is 0 Å². The fraction of sp³-hybridized carbons (Fsp3) is 0.667. The molecule has 0 radical (unpaired) electrons. The van der Waals surface area contributed by atoms with Crippen LogP contribution in [0.25, 0.3) is 0 Å². The van der Waals surface area contributed by atoms with E-state index >= 15 is 0 Å². The SMILES string of the molecule is CCC1=CC2C(C=C1C(C)N)N(CC1C=CN=CC1)CCC2(C)C. The first-order chi connectivity index (χ1) is 11.4. The van der Waals surface area contributed by atoms with Crippen LogP contribution in [-0.4, -0.2) is 36.3 Å². The summed E-state index contributed by atoms with van der Waals surface area (Å²) < 4.78 is 0. The second-order valence-corrected chi connectivity index (χ2v) is 8.37. The highest BCUT2D eigenvalue weighted by molar-refractivity contribution is 5.60. The molecule has 0 spiro atoms. The lowest BCUT2D eigenvalue weighted by molar-refractivity contribution is 0.0409. The molecule has 2 heterocycles. The first kappa shape index (κ1) is 17.6. The number of hydrogen-bond acceptors (Lipinski definition) is 3. The summed E-state index contributed by atoms with van der Waals surface area (Å²) >= 11 is 0. The summed E-state index contributed by atoms with van der Waals surface area (Å²) in [5.74, 6) is 1.18. The van der Waals surface area contributed by atoms with Crippen LogP contribution in [0.5, 0.6) is 0 Å². The molecule has 0 aromatic heterocycles. The van der Waals surface area contributed by atoms with Crippen molar-refractivity contribution in [1.82, 2.24) is 4.90 Å². The van der Waals surface area contributed by atoms with Crippen LogP contribution in [0.1, 0.15) is 47.0 Å². The van der Waals surface area contributed by atoms with Crippen molar-refractivity contribution in [3.63, 3.8) is 0 Å². The first-order valence-electron chi connectivity index (χ1n) is 9.53. The summed E-state index contributed by atoms with van der Waals surface area (Å²) in [7, 11) is 0. The van der Waals surface area contributed by atoms with Crippen LogP contribution in [-0.2, 0) is 0 Å². The largest absolute Gasteiger partial charge is 0.324 e. The predicted octanol–water partition coefficient (Wildman–Crippen LogP) is 3.93. The van der Waals surface area contributed by atoms with Gasteiger partial charge >= 0.3 is 0 Å². The van der Waals surface area contributed by atoms with Crippen molar-refractivity contribution in [2.45, 2.75) is 59.0 Å². The third-order valence-electron chi connectivity index (χ3n) is 6.14. The maximum Gasteiger partial charge on any atom is 0.0352 e. The van der Waals surface area contributed by atoms with E-state index in [-0.39, 0.29) is 6.04 Å². The Morgan fingerprint density at radius 2 is 2.17 bits per heavy atom. The van der Waals surface area contributed by atoms with Crippen molar-refractivity contribution >= 4 is 6.21 Å². The maximum absolute atomic E-state index is 6.30. The monoisotopic (exact) mass is 327 g/mol. The highest BCUT2D eigenvalue weighted by atomic mass is 15.2. The Bertz CT molecular complexity index is 580. The number of fused-ring (bicyclic) bond motifs is 1. The zero-order chi connectivity index (χ0) is 17.3. The van der Waals surface area contributed by atoms with Crippen molar-refractivity contribution < 1.29 is 0 Å².